The van der Waals surface area contributed by atoms with E-state index in [1.54, 1.807) is 17.0 Å². The topological polar surface area (TPSA) is 110 Å². The van der Waals surface area contributed by atoms with Crippen LogP contribution in [0.2, 0.25) is 5.02 Å². The Kier molecular flexibility index (Phi) is 4.99. The van der Waals surface area contributed by atoms with Gasteiger partial charge >= 0.3 is 6.09 Å². The number of anilines is 1. The number of nitrogens with two attached hydrogens (primary N) is 1. The predicted octanol–water partition coefficient (Wildman–Crippen LogP) is 1.91. The summed E-state index contributed by atoms with van der Waals surface area (Å²) in [5.41, 5.74) is 5.46. The number of amides is 2. The second-order valence-corrected chi connectivity index (χ2v) is 5.99. The molecule has 1 unspecified atom stereocenters. The molecule has 0 saturated carbocycles. The largest absolute Gasteiger partial charge is 0.411 e. The van der Waals surface area contributed by atoms with Gasteiger partial charge in [-0.15, -0.1) is 0 Å². The molecule has 2 heterocycles. The Morgan fingerprint density at radius 2 is 1.92 bits per heavy atom. The van der Waals surface area contributed by atoms with Crippen molar-refractivity contribution in [3.63, 3.8) is 0 Å². The third-order valence-corrected chi connectivity index (χ3v) is 3.94. The van der Waals surface area contributed by atoms with E-state index in [0.717, 1.165) is 6.42 Å². The van der Waals surface area contributed by atoms with Crippen LogP contribution in [0.15, 0.2) is 36.7 Å². The number of likely N-dealkylation sites (tertiary alicyclic amines) is 1. The zero-order valence-electron chi connectivity index (χ0n) is 13.2. The quantitative estimate of drug-likeness (QED) is 0.860. The van der Waals surface area contributed by atoms with Gasteiger partial charge in [-0.2, -0.15) is 0 Å². The van der Waals surface area contributed by atoms with Gasteiger partial charge in [-0.1, -0.05) is 11.6 Å². The van der Waals surface area contributed by atoms with Crippen LogP contribution in [-0.4, -0.2) is 46.0 Å². The summed E-state index contributed by atoms with van der Waals surface area (Å²) in [5, 5.41) is 3.66. The number of carbonyl (C=O) groups is 2. The number of rotatable bonds is 4. The number of carbonyl (C=O) groups excluding carboxylic acids is 2. The van der Waals surface area contributed by atoms with E-state index in [4.69, 9.17) is 22.1 Å². The monoisotopic (exact) mass is 361 g/mol. The van der Waals surface area contributed by atoms with E-state index in [0.29, 0.717) is 35.4 Å². The van der Waals surface area contributed by atoms with Gasteiger partial charge in [0.2, 0.25) is 5.95 Å². The van der Waals surface area contributed by atoms with E-state index in [2.05, 4.69) is 15.3 Å². The fraction of sp³-hybridized carbons (Fsp3) is 0.250. The maximum Gasteiger partial charge on any atom is 0.409 e. The molecule has 130 valence electrons. The van der Waals surface area contributed by atoms with E-state index >= 15 is 0 Å². The van der Waals surface area contributed by atoms with Crippen LogP contribution < -0.4 is 15.8 Å². The highest BCUT2D eigenvalue weighted by Crippen LogP contribution is 2.18. The molecule has 1 atom stereocenters. The molecule has 1 fully saturated rings. The van der Waals surface area contributed by atoms with Crippen LogP contribution in [0.25, 0.3) is 0 Å². The fourth-order valence-corrected chi connectivity index (χ4v) is 2.69. The van der Waals surface area contributed by atoms with Crippen LogP contribution in [0.3, 0.4) is 0 Å². The Bertz CT molecular complexity index is 766. The third-order valence-electron chi connectivity index (χ3n) is 3.75. The fourth-order valence-electron chi connectivity index (χ4n) is 2.60. The lowest BCUT2D eigenvalue weighted by Crippen LogP contribution is -2.31. The highest BCUT2D eigenvalue weighted by Gasteiger charge is 2.27. The number of nitrogens with one attached hydrogen (secondary N) is 1. The summed E-state index contributed by atoms with van der Waals surface area (Å²) in [6.07, 6.45) is 2.94. The standard InChI is InChI=1S/C16H16ClN5O3/c17-11-7-19-16(20-8-11)21-12-5-6-22(9-12)14(23)10-1-3-13(4-2-10)25-15(18)24/h1-4,7-8,12H,5-6,9H2,(H2,18,24)(H,19,20,21). The number of nitrogens with zero attached hydrogens (tertiary/aromatic N) is 3. The Labute approximate surface area is 149 Å². The molecule has 25 heavy (non-hydrogen) atoms. The van der Waals surface area contributed by atoms with Gasteiger partial charge in [0.25, 0.3) is 5.91 Å². The Morgan fingerprint density at radius 1 is 1.24 bits per heavy atom. The molecular weight excluding hydrogens is 346 g/mol. The molecule has 1 aromatic heterocycles. The summed E-state index contributed by atoms with van der Waals surface area (Å²) in [4.78, 5) is 33.2. The smallest absolute Gasteiger partial charge is 0.409 e. The van der Waals surface area contributed by atoms with Crippen LogP contribution in [0.4, 0.5) is 10.7 Å². The minimum Gasteiger partial charge on any atom is -0.411 e. The lowest BCUT2D eigenvalue weighted by atomic mass is 10.2. The summed E-state index contributed by atoms with van der Waals surface area (Å²) in [6.45, 7) is 1.17. The summed E-state index contributed by atoms with van der Waals surface area (Å²) in [5.74, 6) is 0.688. The van der Waals surface area contributed by atoms with E-state index in [9.17, 15) is 9.59 Å². The number of benzene rings is 1. The van der Waals surface area contributed by atoms with Gasteiger partial charge in [0.15, 0.2) is 0 Å². The van der Waals surface area contributed by atoms with Crippen LogP contribution in [0.5, 0.6) is 5.75 Å². The van der Waals surface area contributed by atoms with Crippen molar-refractivity contribution in [1.29, 1.82) is 0 Å². The van der Waals surface area contributed by atoms with Crippen molar-refractivity contribution in [3.05, 3.63) is 47.2 Å². The molecule has 0 aliphatic carbocycles. The third kappa shape index (κ3) is 4.36. The Hall–Kier alpha value is -2.87. The molecule has 3 N–H and O–H groups in total. The lowest BCUT2D eigenvalue weighted by Gasteiger charge is -2.17. The van der Waals surface area contributed by atoms with E-state index in [1.807, 2.05) is 0 Å². The number of hydrogen-bond acceptors (Lipinski definition) is 6. The summed E-state index contributed by atoms with van der Waals surface area (Å²) in [7, 11) is 0. The molecule has 1 aliphatic heterocycles. The first-order chi connectivity index (χ1) is 12.0. The number of aromatic nitrogens is 2. The molecule has 9 heteroatoms. The van der Waals surface area contributed by atoms with E-state index in [-0.39, 0.29) is 11.9 Å². The minimum absolute atomic E-state index is 0.0718. The number of primary amides is 1. The lowest BCUT2D eigenvalue weighted by molar-refractivity contribution is 0.0791. The summed E-state index contributed by atoms with van der Waals surface area (Å²) < 4.78 is 4.75. The SMILES string of the molecule is NC(=O)Oc1ccc(C(=O)N2CCC(Nc3ncc(Cl)cn3)C2)cc1. The maximum atomic E-state index is 12.5. The van der Waals surface area contributed by atoms with Crippen molar-refractivity contribution in [2.24, 2.45) is 5.73 Å². The molecule has 1 aromatic carbocycles. The van der Waals surface area contributed by atoms with Gasteiger partial charge in [0.1, 0.15) is 5.75 Å². The van der Waals surface area contributed by atoms with Gasteiger partial charge in [-0.3, -0.25) is 4.79 Å². The van der Waals surface area contributed by atoms with Crippen molar-refractivity contribution in [2.75, 3.05) is 18.4 Å². The number of halogens is 1. The van der Waals surface area contributed by atoms with Gasteiger partial charge in [-0.25, -0.2) is 14.8 Å². The van der Waals surface area contributed by atoms with Crippen LogP contribution in [0, 0.1) is 0 Å². The van der Waals surface area contributed by atoms with Crippen molar-refractivity contribution < 1.29 is 14.3 Å². The van der Waals surface area contributed by atoms with Gasteiger partial charge < -0.3 is 20.7 Å². The van der Waals surface area contributed by atoms with Crippen LogP contribution in [-0.2, 0) is 0 Å². The average Bonchev–Trinajstić information content (AvgIpc) is 3.05. The normalized spacial score (nSPS) is 16.5. The molecule has 0 radical (unpaired) electrons. The van der Waals surface area contributed by atoms with Crippen LogP contribution in [0.1, 0.15) is 16.8 Å². The first kappa shape index (κ1) is 17.0. The van der Waals surface area contributed by atoms with Crippen molar-refractivity contribution in [3.8, 4) is 5.75 Å². The highest BCUT2D eigenvalue weighted by atomic mass is 35.5. The Morgan fingerprint density at radius 3 is 2.56 bits per heavy atom. The molecule has 0 bridgehead atoms. The summed E-state index contributed by atoms with van der Waals surface area (Å²) >= 11 is 5.76. The minimum atomic E-state index is -0.892. The average molecular weight is 362 g/mol. The van der Waals surface area contributed by atoms with E-state index < -0.39 is 6.09 Å². The first-order valence-corrected chi connectivity index (χ1v) is 8.00. The molecule has 2 aromatic rings. The molecule has 2 amide bonds. The molecular formula is C16H16ClN5O3. The van der Waals surface area contributed by atoms with Crippen molar-refractivity contribution >= 4 is 29.5 Å². The van der Waals surface area contributed by atoms with E-state index in [1.165, 1.54) is 24.5 Å². The number of ether oxygens (including phenoxy) is 1. The van der Waals surface area contributed by atoms with Crippen molar-refractivity contribution in [1.82, 2.24) is 14.9 Å². The van der Waals surface area contributed by atoms with Gasteiger partial charge in [0.05, 0.1) is 17.4 Å². The second-order valence-electron chi connectivity index (χ2n) is 5.55. The predicted molar refractivity (Wildman–Crippen MR) is 91.6 cm³/mol. The number of hydrogen-bond donors (Lipinski definition) is 2. The maximum absolute atomic E-state index is 12.5. The zero-order valence-corrected chi connectivity index (χ0v) is 13.9. The van der Waals surface area contributed by atoms with Gasteiger partial charge in [0, 0.05) is 24.7 Å². The molecule has 3 rings (SSSR count). The zero-order chi connectivity index (χ0) is 17.8. The highest BCUT2D eigenvalue weighted by molar-refractivity contribution is 6.30. The van der Waals surface area contributed by atoms with Crippen molar-refractivity contribution in [2.45, 2.75) is 12.5 Å². The molecule has 1 aliphatic rings. The second kappa shape index (κ2) is 7.35. The Balaban J connectivity index is 1.58. The molecule has 0 spiro atoms. The van der Waals surface area contributed by atoms with Gasteiger partial charge in [-0.05, 0) is 30.7 Å². The first-order valence-electron chi connectivity index (χ1n) is 7.62. The molecule has 1 saturated heterocycles. The van der Waals surface area contributed by atoms with Crippen LogP contribution >= 0.6 is 11.6 Å². The molecule has 8 nitrogen and oxygen atoms in total. The summed E-state index contributed by atoms with van der Waals surface area (Å²) in [6, 6.07) is 6.34.